The Balaban J connectivity index is 0.0000276. The molecule has 1 radical (unpaired) electrons. The van der Waals surface area contributed by atoms with Gasteiger partial charge in [0.1, 0.15) is 85.5 Å². The van der Waals surface area contributed by atoms with E-state index in [0.717, 1.165) is 65.2 Å². The zero-order chi connectivity index (χ0) is 75.5. The first kappa shape index (κ1) is 94.4. The topological polar surface area (TPSA) is 519 Å². The van der Waals surface area contributed by atoms with E-state index in [2.05, 4.69) is 29.8 Å². The molecule has 0 aromatic rings. The number of carbonyl (C=O) groups is 5. The van der Waals surface area contributed by atoms with Crippen LogP contribution in [0.2, 0.25) is 0 Å². The Labute approximate surface area is 627 Å². The summed E-state index contributed by atoms with van der Waals surface area (Å²) in [5, 5.41) is 185. The Morgan fingerprint density at radius 1 is 0.534 bits per heavy atom. The molecule has 0 bridgehead atoms. The van der Waals surface area contributed by atoms with E-state index in [1.54, 1.807) is 6.08 Å². The van der Waals surface area contributed by atoms with Gasteiger partial charge < -0.3 is 136 Å². The van der Waals surface area contributed by atoms with Crippen molar-refractivity contribution in [2.45, 2.75) is 366 Å². The van der Waals surface area contributed by atoms with Crippen molar-refractivity contribution < 1.29 is 144 Å². The molecule has 4 aliphatic heterocycles. The van der Waals surface area contributed by atoms with Crippen LogP contribution in [0.25, 0.3) is 0 Å². The molecule has 19 N–H and O–H groups in total. The quantitative estimate of drug-likeness (QED) is 0.0216. The molecular weight excluding hydrogens is 1370 g/mol. The Morgan fingerprint density at radius 2 is 0.981 bits per heavy atom. The second kappa shape index (κ2) is 50.1. The number of ether oxygens (including phenoxy) is 8. The van der Waals surface area contributed by atoms with Gasteiger partial charge in [-0.3, -0.25) is 14.4 Å². The van der Waals surface area contributed by atoms with Crippen LogP contribution in [0.5, 0.6) is 0 Å². The van der Waals surface area contributed by atoms with Gasteiger partial charge in [0.2, 0.25) is 17.7 Å². The van der Waals surface area contributed by atoms with Gasteiger partial charge in [-0.25, -0.2) is 9.59 Å². The second-order valence-corrected chi connectivity index (χ2v) is 27.9. The number of aliphatic carboxylic acids is 2. The number of nitrogens with one attached hydrogen (secondary N) is 3. The molecular formula is C70H125N3NaO29. The number of carbonyl (C=O) groups excluding carboxylic acids is 3. The van der Waals surface area contributed by atoms with E-state index >= 15 is 0 Å². The molecule has 4 saturated heterocycles. The molecule has 3 amide bonds. The van der Waals surface area contributed by atoms with Crippen molar-refractivity contribution in [1.82, 2.24) is 16.0 Å². The van der Waals surface area contributed by atoms with E-state index in [9.17, 15) is 106 Å². The van der Waals surface area contributed by atoms with Gasteiger partial charge in [0, 0.05) is 62.7 Å². The maximum absolute atomic E-state index is 13.6. The summed E-state index contributed by atoms with van der Waals surface area (Å²) in [6, 6.07) is -4.73. The molecule has 4 fully saturated rings. The summed E-state index contributed by atoms with van der Waals surface area (Å²) in [7, 11) is 0. The first-order valence-electron chi connectivity index (χ1n) is 37.2. The van der Waals surface area contributed by atoms with Crippen LogP contribution in [0.4, 0.5) is 0 Å². The Bertz CT molecular complexity index is 2410. The normalized spacial score (nSPS) is 31.4. The standard InChI is InChI=1S/C70H125N3O29.Na/c1-5-7-9-11-13-15-17-19-20-22-24-26-28-30-32-34-52(84)73-44(45(80)33-31-29-27-25-23-21-18-16-14-12-10-8-6-2)41-95-65-59(89)58(88)61(51(40-77)97-65)98-66-60(90)64(56(86)49(38-75)96-66)102-70(68(93)94)36-47(82)54(72-43(4)79)63(101-70)57(87)50(39-76)99-69(67(91)92)35-46(81)53(71-42(3)78)62(100-69)55(85)48(83)37-74;/h31,33,44-51,53-66,74-77,80-83,85-90H,5-30,32,34-41H2,1-4H3,(H,71,78)(H,72,79)(H,73,84)(H,91,92)(H,93,94);/b33-31+;/t44-,45+,46-,47-,48+,49+,50+,51+,53+,54+,55+,56-,57+,58+,59+,60+,61+,62+,63+,64-,65+,66-,69+,70-;/m0./s1. The molecule has 0 saturated carbocycles. The van der Waals surface area contributed by atoms with E-state index in [4.69, 9.17) is 37.9 Å². The van der Waals surface area contributed by atoms with Gasteiger partial charge in [0.15, 0.2) is 12.6 Å². The SMILES string of the molecule is CCCCCCCCCCCCC/C=C/[C@@H](O)[C@H](CO[C@@H]1O[C@H](CO)[C@@H](O[C@@H]2O[C@H](CO)[C@H](O)[C@H](O[C@]3(C(=O)O)C[C@H](O)[C@@H](NC(C)=O)[C@H]([C@H](O)[C@@H](CO)O[C@]4(C(=O)O)C[C@H](O)[C@@H](NC(C)=O)[C@H]([C@H](O)[C@H](O)CO)O4)O3)[C@H]2O)[C@H](O)[C@H]1O)NC(=O)CCCCCCCCCCCCCCCCC.[Na]. The van der Waals surface area contributed by atoms with Gasteiger partial charge in [-0.05, 0) is 19.3 Å². The molecule has 4 heterocycles. The number of amides is 3. The third-order valence-corrected chi connectivity index (χ3v) is 19.5. The fourth-order valence-electron chi connectivity index (χ4n) is 13.5. The fraction of sp³-hybridized carbons (Fsp3) is 0.900. The molecule has 0 aromatic heterocycles. The molecule has 32 nitrogen and oxygen atoms in total. The maximum atomic E-state index is 13.6. The molecule has 595 valence electrons. The van der Waals surface area contributed by atoms with Crippen LogP contribution in [0, 0.1) is 0 Å². The number of carboxylic acid groups (broad SMARTS) is 2. The van der Waals surface area contributed by atoms with Crippen LogP contribution in [-0.2, 0) is 61.9 Å². The number of aliphatic hydroxyl groups excluding tert-OH is 14. The Hall–Kier alpha value is -2.79. The van der Waals surface area contributed by atoms with E-state index in [-0.39, 0.29) is 41.9 Å². The minimum atomic E-state index is -3.39. The molecule has 4 aliphatic rings. The molecule has 0 unspecified atom stereocenters. The zero-order valence-corrected chi connectivity index (χ0v) is 63.1. The molecule has 0 aliphatic carbocycles. The molecule has 0 spiro atoms. The first-order chi connectivity index (χ1) is 48.7. The molecule has 24 atom stereocenters. The van der Waals surface area contributed by atoms with Crippen molar-refractivity contribution in [2.24, 2.45) is 0 Å². The van der Waals surface area contributed by atoms with Crippen molar-refractivity contribution in [1.29, 1.82) is 0 Å². The minimum absolute atomic E-state index is 0. The van der Waals surface area contributed by atoms with Gasteiger partial charge in [-0.2, -0.15) is 0 Å². The first-order valence-corrected chi connectivity index (χ1v) is 37.2. The number of allylic oxidation sites excluding steroid dienone is 1. The molecule has 103 heavy (non-hydrogen) atoms. The fourth-order valence-corrected chi connectivity index (χ4v) is 13.5. The zero-order valence-electron chi connectivity index (χ0n) is 61.1. The summed E-state index contributed by atoms with van der Waals surface area (Å²) in [4.78, 5) is 64.9. The number of rotatable bonds is 52. The average Bonchev–Trinajstić information content (AvgIpc) is 0.761. The van der Waals surface area contributed by atoms with Crippen molar-refractivity contribution in [3.63, 3.8) is 0 Å². The van der Waals surface area contributed by atoms with E-state index in [1.807, 2.05) is 6.08 Å². The van der Waals surface area contributed by atoms with Gasteiger partial charge >= 0.3 is 11.9 Å². The average molecular weight is 1500 g/mol. The summed E-state index contributed by atoms with van der Waals surface area (Å²) in [5.41, 5.74) is 0. The summed E-state index contributed by atoms with van der Waals surface area (Å²) in [5.74, 6) is -13.1. The Kier molecular flexibility index (Phi) is 45.9. The van der Waals surface area contributed by atoms with Crippen molar-refractivity contribution in [3.8, 4) is 0 Å². The van der Waals surface area contributed by atoms with Crippen LogP contribution in [0.3, 0.4) is 0 Å². The smallest absolute Gasteiger partial charge is 0.364 e. The van der Waals surface area contributed by atoms with Crippen LogP contribution in [0.15, 0.2) is 12.2 Å². The predicted molar refractivity (Wildman–Crippen MR) is 369 cm³/mol. The monoisotopic (exact) mass is 1490 g/mol. The molecule has 0 aromatic carbocycles. The van der Waals surface area contributed by atoms with E-state index in [0.29, 0.717) is 12.8 Å². The molecule has 4 rings (SSSR count). The summed E-state index contributed by atoms with van der Waals surface area (Å²) >= 11 is 0. The molecule has 33 heteroatoms. The van der Waals surface area contributed by atoms with Gasteiger partial charge in [-0.1, -0.05) is 180 Å². The minimum Gasteiger partial charge on any atom is -0.477 e. The number of hydrogen-bond donors (Lipinski definition) is 19. The third-order valence-electron chi connectivity index (χ3n) is 19.5. The maximum Gasteiger partial charge on any atom is 0.364 e. The second-order valence-electron chi connectivity index (χ2n) is 27.9. The van der Waals surface area contributed by atoms with Crippen LogP contribution in [0.1, 0.15) is 220 Å². The van der Waals surface area contributed by atoms with E-state index < -0.39 is 216 Å². The number of carboxylic acids is 2. The van der Waals surface area contributed by atoms with Crippen molar-refractivity contribution in [2.75, 3.05) is 33.0 Å². The van der Waals surface area contributed by atoms with Gasteiger partial charge in [0.05, 0.1) is 69.5 Å². The predicted octanol–water partition coefficient (Wildman–Crippen LogP) is -0.0416. The largest absolute Gasteiger partial charge is 0.477 e. The van der Waals surface area contributed by atoms with Gasteiger partial charge in [-0.15, -0.1) is 0 Å². The van der Waals surface area contributed by atoms with Crippen molar-refractivity contribution in [3.05, 3.63) is 12.2 Å². The number of aliphatic hydroxyl groups is 14. The van der Waals surface area contributed by atoms with Crippen molar-refractivity contribution >= 4 is 59.2 Å². The van der Waals surface area contributed by atoms with Crippen LogP contribution in [-0.4, -0.2) is 320 Å². The summed E-state index contributed by atoms with van der Waals surface area (Å²) in [6.45, 7) is 1.10. The summed E-state index contributed by atoms with van der Waals surface area (Å²) < 4.78 is 46.4. The summed E-state index contributed by atoms with van der Waals surface area (Å²) in [6.07, 6.45) is -8.38. The van der Waals surface area contributed by atoms with Crippen LogP contribution < -0.4 is 16.0 Å². The number of hydrogen-bond acceptors (Lipinski definition) is 27. The van der Waals surface area contributed by atoms with Crippen LogP contribution >= 0.6 is 0 Å². The Morgan fingerprint density at radius 3 is 1.44 bits per heavy atom. The van der Waals surface area contributed by atoms with E-state index in [1.165, 1.54) is 109 Å². The number of unbranched alkanes of at least 4 members (excludes halogenated alkanes) is 25. The van der Waals surface area contributed by atoms with Gasteiger partial charge in [0.25, 0.3) is 11.6 Å². The third kappa shape index (κ3) is 30.2.